The molecule has 3 nitrogen and oxygen atoms in total. The Balaban J connectivity index is 2.90. The second-order valence-corrected chi connectivity index (χ2v) is 6.68. The van der Waals surface area contributed by atoms with Crippen molar-refractivity contribution in [2.45, 2.75) is 79.7 Å². The maximum atomic E-state index is 4.61. The lowest BCUT2D eigenvalue weighted by Crippen LogP contribution is -2.38. The zero-order chi connectivity index (χ0) is 15.9. The molecule has 3 heteroatoms. The Hall–Kier alpha value is -1.12. The average molecular weight is 291 g/mol. The van der Waals surface area contributed by atoms with Crippen LogP contribution in [0, 0.1) is 5.41 Å². The van der Waals surface area contributed by atoms with Gasteiger partial charge < -0.3 is 4.90 Å². The zero-order valence-electron chi connectivity index (χ0n) is 14.8. The minimum absolute atomic E-state index is 0.383. The molecule has 0 fully saturated rings. The summed E-state index contributed by atoms with van der Waals surface area (Å²) in [6.07, 6.45) is 9.61. The molecule has 0 spiro atoms. The Morgan fingerprint density at radius 1 is 1.05 bits per heavy atom. The lowest BCUT2D eigenvalue weighted by molar-refractivity contribution is 0.317. The van der Waals surface area contributed by atoms with Crippen LogP contribution in [0.1, 0.15) is 72.8 Å². The van der Waals surface area contributed by atoms with Gasteiger partial charge in [0.05, 0.1) is 0 Å². The molecule has 0 N–H and O–H groups in total. The van der Waals surface area contributed by atoms with E-state index in [4.69, 9.17) is 0 Å². The summed E-state index contributed by atoms with van der Waals surface area (Å²) >= 11 is 0. The Morgan fingerprint density at radius 3 is 2.05 bits per heavy atom. The Bertz CT molecular complexity index is 393. The van der Waals surface area contributed by atoms with E-state index in [1.807, 2.05) is 12.4 Å². The molecule has 0 unspecified atom stereocenters. The molecule has 1 heterocycles. The molecule has 1 aromatic rings. The summed E-state index contributed by atoms with van der Waals surface area (Å²) in [4.78, 5) is 11.6. The van der Waals surface area contributed by atoms with Crippen molar-refractivity contribution in [2.75, 3.05) is 11.4 Å². The highest BCUT2D eigenvalue weighted by molar-refractivity contribution is 5.31. The third kappa shape index (κ3) is 5.29. The van der Waals surface area contributed by atoms with Crippen LogP contribution in [0.2, 0.25) is 0 Å². The smallest absolute Gasteiger partial charge is 0.225 e. The average Bonchev–Trinajstić information content (AvgIpc) is 2.51. The van der Waals surface area contributed by atoms with Crippen molar-refractivity contribution in [3.8, 4) is 0 Å². The minimum Gasteiger partial charge on any atom is -0.338 e. The van der Waals surface area contributed by atoms with Crippen LogP contribution < -0.4 is 4.90 Å². The Morgan fingerprint density at radius 2 is 1.62 bits per heavy atom. The number of rotatable bonds is 9. The van der Waals surface area contributed by atoms with Gasteiger partial charge in [-0.05, 0) is 36.7 Å². The van der Waals surface area contributed by atoms with E-state index in [1.165, 1.54) is 18.4 Å². The lowest BCUT2D eigenvalue weighted by atomic mass is 9.86. The van der Waals surface area contributed by atoms with Gasteiger partial charge in [0.25, 0.3) is 0 Å². The molecule has 0 saturated carbocycles. The first kappa shape index (κ1) is 17.9. The topological polar surface area (TPSA) is 29.0 Å². The molecule has 0 atom stereocenters. The minimum atomic E-state index is 0.383. The van der Waals surface area contributed by atoms with Gasteiger partial charge in [0, 0.05) is 25.0 Å². The largest absolute Gasteiger partial charge is 0.338 e. The maximum Gasteiger partial charge on any atom is 0.225 e. The van der Waals surface area contributed by atoms with E-state index in [0.717, 1.165) is 31.8 Å². The normalized spacial score (nSPS) is 12.0. The zero-order valence-corrected chi connectivity index (χ0v) is 14.8. The van der Waals surface area contributed by atoms with Crippen molar-refractivity contribution in [1.29, 1.82) is 0 Å². The third-order valence-corrected chi connectivity index (χ3v) is 4.73. The number of aryl methyl sites for hydroxylation is 1. The first-order valence-corrected chi connectivity index (χ1v) is 8.54. The van der Waals surface area contributed by atoms with E-state index in [-0.39, 0.29) is 0 Å². The first-order chi connectivity index (χ1) is 9.97. The molecule has 120 valence electrons. The first-order valence-electron chi connectivity index (χ1n) is 8.54. The fraction of sp³-hybridized carbons (Fsp3) is 0.778. The Kier molecular flexibility index (Phi) is 7.13. The van der Waals surface area contributed by atoms with Gasteiger partial charge in [0.2, 0.25) is 5.95 Å². The van der Waals surface area contributed by atoms with Crippen molar-refractivity contribution in [1.82, 2.24) is 9.97 Å². The number of aromatic nitrogens is 2. The molecule has 0 aliphatic rings. The molecule has 0 radical (unpaired) electrons. The van der Waals surface area contributed by atoms with Gasteiger partial charge in [-0.2, -0.15) is 0 Å². The fourth-order valence-electron chi connectivity index (χ4n) is 2.45. The number of nitrogens with zero attached hydrogens (tertiary/aromatic N) is 3. The highest BCUT2D eigenvalue weighted by atomic mass is 15.3. The molecule has 0 saturated heterocycles. The van der Waals surface area contributed by atoms with Crippen LogP contribution in [-0.4, -0.2) is 22.6 Å². The number of hydrogen-bond donors (Lipinski definition) is 0. The predicted octanol–water partition coefficient (Wildman–Crippen LogP) is 4.86. The van der Waals surface area contributed by atoms with Crippen molar-refractivity contribution < 1.29 is 0 Å². The van der Waals surface area contributed by atoms with Gasteiger partial charge in [0.15, 0.2) is 0 Å². The van der Waals surface area contributed by atoms with Crippen molar-refractivity contribution >= 4 is 5.95 Å². The third-order valence-electron chi connectivity index (χ3n) is 4.73. The van der Waals surface area contributed by atoms with Crippen molar-refractivity contribution in [2.24, 2.45) is 5.41 Å². The molecule has 1 aromatic heterocycles. The van der Waals surface area contributed by atoms with Gasteiger partial charge in [-0.1, -0.05) is 48.0 Å². The standard InChI is InChI=1S/C18H33N3/c1-7-15-13-19-17(20-14-15)21(16(8-2)9-3)12-11-18(5,6)10-4/h13-14,16H,7-12H2,1-6H3. The van der Waals surface area contributed by atoms with Gasteiger partial charge in [0.1, 0.15) is 0 Å². The van der Waals surface area contributed by atoms with Crippen LogP contribution in [0.3, 0.4) is 0 Å². The molecular formula is C18H33N3. The quantitative estimate of drug-likeness (QED) is 0.650. The fourth-order valence-corrected chi connectivity index (χ4v) is 2.45. The number of hydrogen-bond acceptors (Lipinski definition) is 3. The SMILES string of the molecule is CCc1cnc(N(CCC(C)(C)CC)C(CC)CC)nc1. The molecule has 0 bridgehead atoms. The Labute approximate surface area is 131 Å². The maximum absolute atomic E-state index is 4.61. The van der Waals surface area contributed by atoms with E-state index in [2.05, 4.69) is 56.4 Å². The molecule has 1 rings (SSSR count). The highest BCUT2D eigenvalue weighted by Gasteiger charge is 2.22. The van der Waals surface area contributed by atoms with Crippen molar-refractivity contribution in [3.63, 3.8) is 0 Å². The molecular weight excluding hydrogens is 258 g/mol. The summed E-state index contributed by atoms with van der Waals surface area (Å²) in [5.74, 6) is 0.896. The van der Waals surface area contributed by atoms with Gasteiger partial charge in [-0.3, -0.25) is 0 Å². The second kappa shape index (κ2) is 8.35. The van der Waals surface area contributed by atoms with Gasteiger partial charge >= 0.3 is 0 Å². The van der Waals surface area contributed by atoms with E-state index in [0.29, 0.717) is 11.5 Å². The summed E-state index contributed by atoms with van der Waals surface area (Å²) in [6, 6.07) is 0.533. The molecule has 0 aromatic carbocycles. The van der Waals surface area contributed by atoms with Crippen LogP contribution in [0.4, 0.5) is 5.95 Å². The van der Waals surface area contributed by atoms with Gasteiger partial charge in [-0.15, -0.1) is 0 Å². The second-order valence-electron chi connectivity index (χ2n) is 6.68. The predicted molar refractivity (Wildman–Crippen MR) is 91.8 cm³/mol. The lowest BCUT2D eigenvalue weighted by Gasteiger charge is -2.34. The number of anilines is 1. The van der Waals surface area contributed by atoms with E-state index in [1.54, 1.807) is 0 Å². The van der Waals surface area contributed by atoms with Crippen LogP contribution in [0.25, 0.3) is 0 Å². The molecule has 0 amide bonds. The summed E-state index contributed by atoms with van der Waals surface area (Å²) in [6.45, 7) is 14.7. The van der Waals surface area contributed by atoms with Gasteiger partial charge in [-0.25, -0.2) is 9.97 Å². The summed E-state index contributed by atoms with van der Waals surface area (Å²) < 4.78 is 0. The van der Waals surface area contributed by atoms with Crippen LogP contribution in [0.5, 0.6) is 0 Å². The van der Waals surface area contributed by atoms with Crippen molar-refractivity contribution in [3.05, 3.63) is 18.0 Å². The summed E-state index contributed by atoms with van der Waals surface area (Å²) in [5.41, 5.74) is 1.59. The van der Waals surface area contributed by atoms with Crippen LogP contribution >= 0.6 is 0 Å². The molecule has 0 aliphatic carbocycles. The van der Waals surface area contributed by atoms with E-state index < -0.39 is 0 Å². The van der Waals surface area contributed by atoms with Crippen LogP contribution in [-0.2, 0) is 6.42 Å². The molecule has 0 aliphatic heterocycles. The van der Waals surface area contributed by atoms with Crippen LogP contribution in [0.15, 0.2) is 12.4 Å². The monoisotopic (exact) mass is 291 g/mol. The summed E-state index contributed by atoms with van der Waals surface area (Å²) in [5, 5.41) is 0. The van der Waals surface area contributed by atoms with E-state index in [9.17, 15) is 0 Å². The molecule has 21 heavy (non-hydrogen) atoms. The van der Waals surface area contributed by atoms with E-state index >= 15 is 0 Å². The highest BCUT2D eigenvalue weighted by Crippen LogP contribution is 2.27. The summed E-state index contributed by atoms with van der Waals surface area (Å²) in [7, 11) is 0.